The monoisotopic (exact) mass is 402 g/mol. The van der Waals surface area contributed by atoms with Gasteiger partial charge in [0.1, 0.15) is 0 Å². The zero-order valence-corrected chi connectivity index (χ0v) is 18.9. The zero-order valence-electron chi connectivity index (χ0n) is 18.9. The third-order valence-corrected chi connectivity index (χ3v) is 6.48. The maximum absolute atomic E-state index is 4.24. The normalized spacial score (nSPS) is 19.7. The summed E-state index contributed by atoms with van der Waals surface area (Å²) >= 11 is 0. The molecule has 2 heteroatoms. The molecule has 0 heterocycles. The molecule has 0 aliphatic heterocycles. The summed E-state index contributed by atoms with van der Waals surface area (Å²) in [7, 11) is 0. The van der Waals surface area contributed by atoms with Gasteiger partial charge in [0.05, 0.1) is 12.4 Å². The molecule has 0 unspecified atom stereocenters. The Morgan fingerprint density at radius 1 is 0.733 bits per heavy atom. The number of hydrogen-bond acceptors (Lipinski definition) is 2. The van der Waals surface area contributed by atoms with Crippen molar-refractivity contribution in [3.63, 3.8) is 0 Å². The molecule has 3 rings (SSSR count). The average Bonchev–Trinajstić information content (AvgIpc) is 2.79. The Morgan fingerprint density at radius 2 is 1.33 bits per heavy atom. The Kier molecular flexibility index (Phi) is 9.34. The Balaban J connectivity index is 1.46. The van der Waals surface area contributed by atoms with Crippen LogP contribution in [0.4, 0.5) is 0 Å². The standard InChI is InChI=1S/C28H38N2/c1-3-5-6-8-24-9-11-25(12-10-24)21-29-30-22-26-15-19-28(20-16-26)27-17-13-23(7-4-2)14-18-27/h9-12,15-16,19-23,27H,3-8,13-14,17-18H2,1-2H3. The quantitative estimate of drug-likeness (QED) is 0.219. The molecule has 2 aromatic carbocycles. The van der Waals surface area contributed by atoms with Crippen molar-refractivity contribution in [3.8, 4) is 0 Å². The lowest BCUT2D eigenvalue weighted by atomic mass is 9.77. The molecular weight excluding hydrogens is 364 g/mol. The molecule has 0 spiro atoms. The highest BCUT2D eigenvalue weighted by molar-refractivity contribution is 5.82. The van der Waals surface area contributed by atoms with Gasteiger partial charge in [0.2, 0.25) is 0 Å². The topological polar surface area (TPSA) is 24.7 Å². The smallest absolute Gasteiger partial charge is 0.0568 e. The highest BCUT2D eigenvalue weighted by Crippen LogP contribution is 2.37. The number of benzene rings is 2. The SMILES string of the molecule is CCCCCc1ccc(C=NN=Cc2ccc(C3CCC(CCC)CC3)cc2)cc1. The molecule has 0 aromatic heterocycles. The van der Waals surface area contributed by atoms with Gasteiger partial charge in [0.15, 0.2) is 0 Å². The van der Waals surface area contributed by atoms with Crippen molar-refractivity contribution in [2.24, 2.45) is 16.1 Å². The molecule has 30 heavy (non-hydrogen) atoms. The van der Waals surface area contributed by atoms with Gasteiger partial charge in [-0.1, -0.05) is 88.1 Å². The summed E-state index contributed by atoms with van der Waals surface area (Å²) in [5, 5.41) is 8.46. The zero-order chi connectivity index (χ0) is 21.0. The first-order chi connectivity index (χ1) is 14.8. The van der Waals surface area contributed by atoms with Crippen molar-refractivity contribution in [1.82, 2.24) is 0 Å². The molecule has 2 aromatic rings. The number of rotatable bonds is 10. The van der Waals surface area contributed by atoms with Crippen LogP contribution in [0.1, 0.15) is 99.8 Å². The van der Waals surface area contributed by atoms with E-state index in [1.165, 1.54) is 75.3 Å². The molecule has 0 bridgehead atoms. The summed E-state index contributed by atoms with van der Waals surface area (Å²) in [5.41, 5.74) is 5.11. The van der Waals surface area contributed by atoms with Crippen molar-refractivity contribution in [2.45, 2.75) is 84.0 Å². The first kappa shape index (κ1) is 22.5. The van der Waals surface area contributed by atoms with E-state index in [0.717, 1.165) is 23.0 Å². The predicted molar refractivity (Wildman–Crippen MR) is 131 cm³/mol. The van der Waals surface area contributed by atoms with Crippen molar-refractivity contribution in [3.05, 3.63) is 70.8 Å². The van der Waals surface area contributed by atoms with Gasteiger partial charge in [-0.25, -0.2) is 0 Å². The molecule has 1 aliphatic rings. The Bertz CT molecular complexity index is 778. The van der Waals surface area contributed by atoms with Crippen LogP contribution >= 0.6 is 0 Å². The van der Waals surface area contributed by atoms with Gasteiger partial charge >= 0.3 is 0 Å². The number of hydrogen-bond donors (Lipinski definition) is 0. The van der Waals surface area contributed by atoms with Gasteiger partial charge in [0.25, 0.3) is 0 Å². The summed E-state index contributed by atoms with van der Waals surface area (Å²) in [6.45, 7) is 4.55. The second-order valence-corrected chi connectivity index (χ2v) is 8.86. The summed E-state index contributed by atoms with van der Waals surface area (Å²) in [5.74, 6) is 1.71. The van der Waals surface area contributed by atoms with Gasteiger partial charge in [0, 0.05) is 0 Å². The van der Waals surface area contributed by atoms with E-state index in [4.69, 9.17) is 0 Å². The second-order valence-electron chi connectivity index (χ2n) is 8.86. The van der Waals surface area contributed by atoms with Gasteiger partial charge < -0.3 is 0 Å². The molecule has 0 N–H and O–H groups in total. The molecule has 2 nitrogen and oxygen atoms in total. The van der Waals surface area contributed by atoms with Crippen LogP contribution in [-0.4, -0.2) is 12.4 Å². The molecule has 160 valence electrons. The molecule has 1 fully saturated rings. The number of aryl methyl sites for hydroxylation is 1. The average molecular weight is 403 g/mol. The molecular formula is C28H38N2. The van der Waals surface area contributed by atoms with Crippen LogP contribution < -0.4 is 0 Å². The minimum atomic E-state index is 0.743. The summed E-state index contributed by atoms with van der Waals surface area (Å²) in [6, 6.07) is 17.6. The number of unbranched alkanes of at least 4 members (excludes halogenated alkanes) is 2. The third kappa shape index (κ3) is 7.23. The summed E-state index contributed by atoms with van der Waals surface area (Å²) in [6.07, 6.45) is 16.9. The van der Waals surface area contributed by atoms with Gasteiger partial charge in [-0.2, -0.15) is 10.2 Å². The van der Waals surface area contributed by atoms with Crippen LogP contribution in [0.5, 0.6) is 0 Å². The molecule has 1 saturated carbocycles. The van der Waals surface area contributed by atoms with Crippen LogP contribution in [0.25, 0.3) is 0 Å². The molecule has 0 atom stereocenters. The molecule has 0 amide bonds. The van der Waals surface area contributed by atoms with Gasteiger partial charge in [-0.15, -0.1) is 0 Å². The third-order valence-electron chi connectivity index (χ3n) is 6.48. The van der Waals surface area contributed by atoms with E-state index in [-0.39, 0.29) is 0 Å². The van der Waals surface area contributed by atoms with E-state index in [9.17, 15) is 0 Å². The van der Waals surface area contributed by atoms with Crippen LogP contribution in [0.15, 0.2) is 58.7 Å². The van der Waals surface area contributed by atoms with Crippen molar-refractivity contribution >= 4 is 12.4 Å². The molecule has 0 saturated heterocycles. The van der Waals surface area contributed by atoms with E-state index >= 15 is 0 Å². The lowest BCUT2D eigenvalue weighted by Crippen LogP contribution is -2.13. The fourth-order valence-electron chi connectivity index (χ4n) is 4.60. The molecule has 1 aliphatic carbocycles. The predicted octanol–water partition coefficient (Wildman–Crippen LogP) is 7.95. The van der Waals surface area contributed by atoms with E-state index in [1.54, 1.807) is 0 Å². The Hall–Kier alpha value is -2.22. The fraction of sp³-hybridized carbons (Fsp3) is 0.500. The largest absolute Gasteiger partial charge is 0.159 e. The van der Waals surface area contributed by atoms with E-state index in [0.29, 0.717) is 0 Å². The lowest BCUT2D eigenvalue weighted by Gasteiger charge is -2.28. The molecule has 0 radical (unpaired) electrons. The van der Waals surface area contributed by atoms with E-state index in [2.05, 4.69) is 72.6 Å². The summed E-state index contributed by atoms with van der Waals surface area (Å²) in [4.78, 5) is 0. The first-order valence-electron chi connectivity index (χ1n) is 12.0. The van der Waals surface area contributed by atoms with Crippen molar-refractivity contribution < 1.29 is 0 Å². The summed E-state index contributed by atoms with van der Waals surface area (Å²) < 4.78 is 0. The van der Waals surface area contributed by atoms with E-state index in [1.807, 2.05) is 12.4 Å². The minimum Gasteiger partial charge on any atom is -0.159 e. The first-order valence-corrected chi connectivity index (χ1v) is 12.0. The van der Waals surface area contributed by atoms with E-state index < -0.39 is 0 Å². The van der Waals surface area contributed by atoms with Gasteiger partial charge in [-0.3, -0.25) is 0 Å². The van der Waals surface area contributed by atoms with Crippen LogP contribution in [0.3, 0.4) is 0 Å². The van der Waals surface area contributed by atoms with Crippen molar-refractivity contribution in [2.75, 3.05) is 0 Å². The van der Waals surface area contributed by atoms with Crippen LogP contribution in [0, 0.1) is 5.92 Å². The van der Waals surface area contributed by atoms with Crippen molar-refractivity contribution in [1.29, 1.82) is 0 Å². The lowest BCUT2D eigenvalue weighted by molar-refractivity contribution is 0.308. The second kappa shape index (κ2) is 12.5. The van der Waals surface area contributed by atoms with Crippen LogP contribution in [-0.2, 0) is 6.42 Å². The fourth-order valence-corrected chi connectivity index (χ4v) is 4.60. The Morgan fingerprint density at radius 3 is 1.90 bits per heavy atom. The maximum atomic E-state index is 4.24. The Labute approximate surface area is 183 Å². The number of nitrogens with zero attached hydrogens (tertiary/aromatic N) is 2. The maximum Gasteiger partial charge on any atom is 0.0568 e. The highest BCUT2D eigenvalue weighted by atomic mass is 15.2. The van der Waals surface area contributed by atoms with Gasteiger partial charge in [-0.05, 0) is 72.6 Å². The minimum absolute atomic E-state index is 0.743. The van der Waals surface area contributed by atoms with Crippen LogP contribution in [0.2, 0.25) is 0 Å². The highest BCUT2D eigenvalue weighted by Gasteiger charge is 2.21.